The Labute approximate surface area is 120 Å². The highest BCUT2D eigenvalue weighted by molar-refractivity contribution is 5.35. The van der Waals surface area contributed by atoms with Crippen LogP contribution in [-0.4, -0.2) is 16.9 Å². The van der Waals surface area contributed by atoms with Crippen LogP contribution in [0.1, 0.15) is 42.8 Å². The number of benzene rings is 1. The number of para-hydroxylation sites is 1. The van der Waals surface area contributed by atoms with Crippen molar-refractivity contribution in [1.82, 2.24) is 15.1 Å². The SMILES string of the molecule is COc1ccccc1[C@H](C)NC(C)c1cn(C)nc1C. The molecule has 2 atom stereocenters. The van der Waals surface area contributed by atoms with Gasteiger partial charge in [0.15, 0.2) is 0 Å². The van der Waals surface area contributed by atoms with Crippen molar-refractivity contribution in [3.05, 3.63) is 47.3 Å². The molecule has 0 aliphatic rings. The van der Waals surface area contributed by atoms with Gasteiger partial charge in [0.2, 0.25) is 0 Å². The van der Waals surface area contributed by atoms with Crippen LogP contribution in [0.3, 0.4) is 0 Å². The molecule has 0 amide bonds. The average Bonchev–Trinajstić information content (AvgIpc) is 2.77. The molecule has 4 nitrogen and oxygen atoms in total. The first-order valence-corrected chi connectivity index (χ1v) is 6.92. The van der Waals surface area contributed by atoms with E-state index in [0.717, 1.165) is 11.4 Å². The molecule has 2 rings (SSSR count). The lowest BCUT2D eigenvalue weighted by Crippen LogP contribution is -2.23. The molecule has 1 unspecified atom stereocenters. The Morgan fingerprint density at radius 1 is 1.15 bits per heavy atom. The van der Waals surface area contributed by atoms with Gasteiger partial charge in [-0.1, -0.05) is 18.2 Å². The molecule has 108 valence electrons. The van der Waals surface area contributed by atoms with Crippen molar-refractivity contribution in [2.24, 2.45) is 7.05 Å². The fourth-order valence-corrected chi connectivity index (χ4v) is 2.62. The summed E-state index contributed by atoms with van der Waals surface area (Å²) in [6.07, 6.45) is 2.07. The summed E-state index contributed by atoms with van der Waals surface area (Å²) in [6.45, 7) is 6.36. The predicted molar refractivity (Wildman–Crippen MR) is 80.9 cm³/mol. The third-order valence-corrected chi connectivity index (χ3v) is 3.62. The third kappa shape index (κ3) is 3.02. The van der Waals surface area contributed by atoms with Crippen molar-refractivity contribution < 1.29 is 4.74 Å². The zero-order valence-corrected chi connectivity index (χ0v) is 12.8. The number of rotatable bonds is 5. The van der Waals surface area contributed by atoms with E-state index in [9.17, 15) is 0 Å². The Hall–Kier alpha value is -1.81. The van der Waals surface area contributed by atoms with E-state index < -0.39 is 0 Å². The molecule has 0 bridgehead atoms. The summed E-state index contributed by atoms with van der Waals surface area (Å²) < 4.78 is 7.28. The van der Waals surface area contributed by atoms with Crippen molar-refractivity contribution in [2.75, 3.05) is 7.11 Å². The summed E-state index contributed by atoms with van der Waals surface area (Å²) in [5.41, 5.74) is 3.47. The highest BCUT2D eigenvalue weighted by atomic mass is 16.5. The second-order valence-electron chi connectivity index (χ2n) is 5.20. The maximum atomic E-state index is 5.43. The van der Waals surface area contributed by atoms with Gasteiger partial charge >= 0.3 is 0 Å². The molecular formula is C16H23N3O. The van der Waals surface area contributed by atoms with E-state index in [2.05, 4.69) is 36.5 Å². The summed E-state index contributed by atoms with van der Waals surface area (Å²) >= 11 is 0. The minimum absolute atomic E-state index is 0.209. The van der Waals surface area contributed by atoms with Crippen LogP contribution in [0.5, 0.6) is 5.75 Å². The molecule has 0 saturated heterocycles. The molecule has 1 N–H and O–H groups in total. The number of aryl methyl sites for hydroxylation is 2. The molecule has 0 radical (unpaired) electrons. The minimum atomic E-state index is 0.209. The zero-order valence-electron chi connectivity index (χ0n) is 12.8. The fraction of sp³-hybridized carbons (Fsp3) is 0.438. The molecule has 0 saturated carbocycles. The highest BCUT2D eigenvalue weighted by Gasteiger charge is 2.17. The van der Waals surface area contributed by atoms with Crippen molar-refractivity contribution in [1.29, 1.82) is 0 Å². The Balaban J connectivity index is 2.15. The van der Waals surface area contributed by atoms with Crippen molar-refractivity contribution in [3.63, 3.8) is 0 Å². The van der Waals surface area contributed by atoms with Crippen LogP contribution in [0.2, 0.25) is 0 Å². The zero-order chi connectivity index (χ0) is 14.7. The summed E-state index contributed by atoms with van der Waals surface area (Å²) in [4.78, 5) is 0. The third-order valence-electron chi connectivity index (χ3n) is 3.62. The maximum Gasteiger partial charge on any atom is 0.123 e. The number of methoxy groups -OCH3 is 1. The molecule has 1 heterocycles. The van der Waals surface area contributed by atoms with E-state index in [1.165, 1.54) is 11.1 Å². The molecule has 4 heteroatoms. The normalized spacial score (nSPS) is 14.1. The lowest BCUT2D eigenvalue weighted by atomic mass is 10.0. The molecule has 0 fully saturated rings. The summed E-state index contributed by atoms with van der Waals surface area (Å²) in [5.74, 6) is 0.919. The molecule has 0 aliphatic heterocycles. The second-order valence-corrected chi connectivity index (χ2v) is 5.20. The largest absolute Gasteiger partial charge is 0.496 e. The van der Waals surface area contributed by atoms with Gasteiger partial charge < -0.3 is 10.1 Å². The van der Waals surface area contributed by atoms with Crippen molar-refractivity contribution in [2.45, 2.75) is 32.9 Å². The number of ether oxygens (including phenoxy) is 1. The lowest BCUT2D eigenvalue weighted by molar-refractivity contribution is 0.396. The quantitative estimate of drug-likeness (QED) is 0.909. The van der Waals surface area contributed by atoms with Crippen LogP contribution in [-0.2, 0) is 7.05 Å². The number of aromatic nitrogens is 2. The molecule has 20 heavy (non-hydrogen) atoms. The number of nitrogens with zero attached hydrogens (tertiary/aromatic N) is 2. The van der Waals surface area contributed by atoms with Gasteiger partial charge in [0.1, 0.15) is 5.75 Å². The van der Waals surface area contributed by atoms with E-state index >= 15 is 0 Å². The monoisotopic (exact) mass is 273 g/mol. The topological polar surface area (TPSA) is 39.1 Å². The molecule has 0 aliphatic carbocycles. The van der Waals surface area contributed by atoms with Crippen LogP contribution >= 0.6 is 0 Å². The van der Waals surface area contributed by atoms with Crippen LogP contribution in [0, 0.1) is 6.92 Å². The fourth-order valence-electron chi connectivity index (χ4n) is 2.62. The van der Waals surface area contributed by atoms with Gasteiger partial charge in [-0.3, -0.25) is 4.68 Å². The van der Waals surface area contributed by atoms with Crippen LogP contribution < -0.4 is 10.1 Å². The van der Waals surface area contributed by atoms with Crippen LogP contribution in [0.25, 0.3) is 0 Å². The Morgan fingerprint density at radius 2 is 1.80 bits per heavy atom. The smallest absolute Gasteiger partial charge is 0.123 e. The molecule has 1 aromatic carbocycles. The van der Waals surface area contributed by atoms with E-state index in [1.54, 1.807) is 7.11 Å². The number of nitrogens with one attached hydrogen (secondary N) is 1. The van der Waals surface area contributed by atoms with Crippen molar-refractivity contribution >= 4 is 0 Å². The van der Waals surface area contributed by atoms with E-state index in [4.69, 9.17) is 4.74 Å². The van der Waals surface area contributed by atoms with Gasteiger partial charge in [-0.25, -0.2) is 0 Å². The van der Waals surface area contributed by atoms with Gasteiger partial charge in [-0.15, -0.1) is 0 Å². The van der Waals surface area contributed by atoms with E-state index in [0.29, 0.717) is 0 Å². The highest BCUT2D eigenvalue weighted by Crippen LogP contribution is 2.27. The van der Waals surface area contributed by atoms with Gasteiger partial charge in [-0.2, -0.15) is 5.10 Å². The van der Waals surface area contributed by atoms with Gasteiger partial charge in [0.05, 0.1) is 12.8 Å². The maximum absolute atomic E-state index is 5.43. The first-order chi connectivity index (χ1) is 9.52. The molecular weight excluding hydrogens is 250 g/mol. The van der Waals surface area contributed by atoms with Crippen LogP contribution in [0.4, 0.5) is 0 Å². The van der Waals surface area contributed by atoms with Crippen LogP contribution in [0.15, 0.2) is 30.5 Å². The van der Waals surface area contributed by atoms with Gasteiger partial charge in [0, 0.05) is 36.5 Å². The Bertz CT molecular complexity index is 577. The van der Waals surface area contributed by atoms with Gasteiger partial charge in [-0.05, 0) is 26.8 Å². The minimum Gasteiger partial charge on any atom is -0.496 e. The van der Waals surface area contributed by atoms with E-state index in [-0.39, 0.29) is 12.1 Å². The first-order valence-electron chi connectivity index (χ1n) is 6.92. The summed E-state index contributed by atoms with van der Waals surface area (Å²) in [5, 5.41) is 8.01. The summed E-state index contributed by atoms with van der Waals surface area (Å²) in [6, 6.07) is 8.57. The Kier molecular flexibility index (Phi) is 4.45. The molecule has 0 spiro atoms. The standard InChI is InChI=1S/C16H23N3O/c1-11(14-8-6-7-9-16(14)20-5)17-12(2)15-10-19(4)18-13(15)3/h6-12,17H,1-5H3/t11-,12?/m0/s1. The number of hydrogen-bond acceptors (Lipinski definition) is 3. The van der Waals surface area contributed by atoms with Gasteiger partial charge in [0.25, 0.3) is 0 Å². The first kappa shape index (κ1) is 14.6. The van der Waals surface area contributed by atoms with Crippen molar-refractivity contribution in [3.8, 4) is 5.75 Å². The molecule has 1 aromatic heterocycles. The Morgan fingerprint density at radius 3 is 2.40 bits per heavy atom. The predicted octanol–water partition coefficient (Wildman–Crippen LogP) is 3.15. The lowest BCUT2D eigenvalue weighted by Gasteiger charge is -2.21. The second kappa shape index (κ2) is 6.09. The average molecular weight is 273 g/mol. The summed E-state index contributed by atoms with van der Waals surface area (Å²) in [7, 11) is 3.66. The number of hydrogen-bond donors (Lipinski definition) is 1. The molecule has 2 aromatic rings. The van der Waals surface area contributed by atoms with E-state index in [1.807, 2.05) is 36.9 Å².